The Morgan fingerprint density at radius 1 is 0.833 bits per heavy atom. The molecule has 57 valence electrons. The molecule has 0 bridgehead atoms. The second-order valence-electron chi connectivity index (χ2n) is 2.50. The van der Waals surface area contributed by atoms with Gasteiger partial charge in [0.25, 0.3) is 0 Å². The number of fused-ring (bicyclic) bond motifs is 1. The number of phenols is 1. The Labute approximate surface area is 96.3 Å². The van der Waals surface area contributed by atoms with Crippen LogP contribution >= 0.6 is 0 Å². The van der Waals surface area contributed by atoms with Crippen molar-refractivity contribution in [3.63, 3.8) is 0 Å². The van der Waals surface area contributed by atoms with Crippen LogP contribution in [0.2, 0.25) is 0 Å². The predicted octanol–water partition coefficient (Wildman–Crippen LogP) is 2.54. The molecule has 0 atom stereocenters. The molecule has 0 aromatic heterocycles. The molecule has 2 heteroatoms. The van der Waals surface area contributed by atoms with Gasteiger partial charge in [-0.1, -0.05) is 36.4 Å². The van der Waals surface area contributed by atoms with Gasteiger partial charge in [0.2, 0.25) is 0 Å². The van der Waals surface area contributed by atoms with Gasteiger partial charge in [-0.05, 0) is 11.5 Å². The smallest absolute Gasteiger partial charge is 0.123 e. The molecule has 0 amide bonds. The van der Waals surface area contributed by atoms with Crippen molar-refractivity contribution in [1.29, 1.82) is 0 Å². The van der Waals surface area contributed by atoms with E-state index >= 15 is 0 Å². The fourth-order valence-corrected chi connectivity index (χ4v) is 1.21. The summed E-state index contributed by atoms with van der Waals surface area (Å²) in [6, 6.07) is 13.3. The largest absolute Gasteiger partial charge is 0.507 e. The summed E-state index contributed by atoms with van der Waals surface area (Å²) >= 11 is 0. The number of aromatic hydroxyl groups is 1. The van der Waals surface area contributed by atoms with Crippen LogP contribution in [0.1, 0.15) is 0 Å². The first-order chi connectivity index (χ1) is 5.38. The summed E-state index contributed by atoms with van der Waals surface area (Å²) in [5.41, 5.74) is 0. The van der Waals surface area contributed by atoms with E-state index in [4.69, 9.17) is 0 Å². The minimum Gasteiger partial charge on any atom is -0.507 e. The zero-order valence-corrected chi connectivity index (χ0v) is 9.40. The van der Waals surface area contributed by atoms with Gasteiger partial charge in [-0.25, -0.2) is 0 Å². The second kappa shape index (κ2) is 4.02. The molecule has 0 heterocycles. The van der Waals surface area contributed by atoms with Crippen LogP contribution in [0.3, 0.4) is 0 Å². The SMILES string of the molecule is Oc1cccc2ccccc12.[Y]. The Hall–Kier alpha value is -0.396. The van der Waals surface area contributed by atoms with Crippen molar-refractivity contribution in [2.45, 2.75) is 0 Å². The molecule has 0 aliphatic rings. The Kier molecular flexibility index (Phi) is 3.24. The van der Waals surface area contributed by atoms with Crippen molar-refractivity contribution < 1.29 is 37.8 Å². The quantitative estimate of drug-likeness (QED) is 0.741. The Balaban J connectivity index is 0.000000720. The normalized spacial score (nSPS) is 9.33. The van der Waals surface area contributed by atoms with Gasteiger partial charge in [-0.2, -0.15) is 0 Å². The zero-order valence-electron chi connectivity index (χ0n) is 6.57. The van der Waals surface area contributed by atoms with E-state index in [9.17, 15) is 5.11 Å². The standard InChI is InChI=1S/C10H8O.Y/c11-10-7-3-5-8-4-1-2-6-9(8)10;/h1-7,11H;. The molecule has 1 N–H and O–H groups in total. The van der Waals surface area contributed by atoms with Gasteiger partial charge < -0.3 is 5.11 Å². The molecule has 0 unspecified atom stereocenters. The molecule has 0 saturated heterocycles. The fourth-order valence-electron chi connectivity index (χ4n) is 1.21. The molecule has 2 aromatic rings. The maximum absolute atomic E-state index is 9.37. The maximum Gasteiger partial charge on any atom is 0.123 e. The molecule has 12 heavy (non-hydrogen) atoms. The van der Waals surface area contributed by atoms with Crippen LogP contribution in [0, 0.1) is 0 Å². The molecular weight excluding hydrogens is 225 g/mol. The molecule has 1 radical (unpaired) electrons. The van der Waals surface area contributed by atoms with E-state index < -0.39 is 0 Å². The Morgan fingerprint density at radius 2 is 1.50 bits per heavy atom. The minimum absolute atomic E-state index is 0. The fraction of sp³-hybridized carbons (Fsp3) is 0. The minimum atomic E-state index is 0. The van der Waals surface area contributed by atoms with Crippen LogP contribution in [0.25, 0.3) is 10.8 Å². The Bertz CT molecular complexity index is 379. The number of benzene rings is 2. The molecule has 0 aliphatic heterocycles. The van der Waals surface area contributed by atoms with Crippen LogP contribution in [-0.2, 0) is 32.7 Å². The number of hydrogen-bond donors (Lipinski definition) is 1. The summed E-state index contributed by atoms with van der Waals surface area (Å²) in [4.78, 5) is 0. The summed E-state index contributed by atoms with van der Waals surface area (Å²) in [6.07, 6.45) is 0. The van der Waals surface area contributed by atoms with Crippen LogP contribution in [0.15, 0.2) is 42.5 Å². The first-order valence-electron chi connectivity index (χ1n) is 3.54. The van der Waals surface area contributed by atoms with Crippen molar-refractivity contribution in [2.75, 3.05) is 0 Å². The number of hydrogen-bond acceptors (Lipinski definition) is 1. The van der Waals surface area contributed by atoms with E-state index in [0.29, 0.717) is 5.75 Å². The van der Waals surface area contributed by atoms with E-state index in [1.807, 2.05) is 36.4 Å². The number of rotatable bonds is 0. The average molecular weight is 233 g/mol. The zero-order chi connectivity index (χ0) is 7.68. The summed E-state index contributed by atoms with van der Waals surface area (Å²) in [5.74, 6) is 0.350. The van der Waals surface area contributed by atoms with Crippen LogP contribution in [-0.4, -0.2) is 5.11 Å². The summed E-state index contributed by atoms with van der Waals surface area (Å²) in [6.45, 7) is 0. The van der Waals surface area contributed by atoms with Gasteiger partial charge in [0.1, 0.15) is 5.75 Å². The number of phenolic OH excluding ortho intramolecular Hbond substituents is 1. The van der Waals surface area contributed by atoms with Crippen molar-refractivity contribution in [2.24, 2.45) is 0 Å². The average Bonchev–Trinajstić information content (AvgIpc) is 2.06. The van der Waals surface area contributed by atoms with Crippen molar-refractivity contribution in [3.8, 4) is 5.75 Å². The summed E-state index contributed by atoms with van der Waals surface area (Å²) in [7, 11) is 0. The van der Waals surface area contributed by atoms with E-state index in [0.717, 1.165) is 10.8 Å². The van der Waals surface area contributed by atoms with Crippen LogP contribution in [0.4, 0.5) is 0 Å². The van der Waals surface area contributed by atoms with Gasteiger partial charge in [0.15, 0.2) is 0 Å². The summed E-state index contributed by atoms with van der Waals surface area (Å²) in [5, 5.41) is 11.4. The van der Waals surface area contributed by atoms with Gasteiger partial charge in [0, 0.05) is 38.1 Å². The third-order valence-corrected chi connectivity index (χ3v) is 1.77. The summed E-state index contributed by atoms with van der Waals surface area (Å²) < 4.78 is 0. The van der Waals surface area contributed by atoms with Gasteiger partial charge >= 0.3 is 0 Å². The molecule has 1 nitrogen and oxygen atoms in total. The van der Waals surface area contributed by atoms with Crippen molar-refractivity contribution in [1.82, 2.24) is 0 Å². The molecule has 2 rings (SSSR count). The first-order valence-corrected chi connectivity index (χ1v) is 3.54. The molecule has 2 aromatic carbocycles. The monoisotopic (exact) mass is 233 g/mol. The molecule has 0 aliphatic carbocycles. The molecule has 0 saturated carbocycles. The molecule has 0 fully saturated rings. The van der Waals surface area contributed by atoms with Gasteiger partial charge in [0.05, 0.1) is 0 Å². The predicted molar refractivity (Wildman–Crippen MR) is 45.6 cm³/mol. The maximum atomic E-state index is 9.37. The van der Waals surface area contributed by atoms with Crippen molar-refractivity contribution in [3.05, 3.63) is 42.5 Å². The Morgan fingerprint density at radius 3 is 2.25 bits per heavy atom. The van der Waals surface area contributed by atoms with Crippen LogP contribution in [0.5, 0.6) is 5.75 Å². The van der Waals surface area contributed by atoms with Crippen LogP contribution < -0.4 is 0 Å². The molecular formula is C10H8OY. The van der Waals surface area contributed by atoms with Crippen molar-refractivity contribution >= 4 is 10.8 Å². The topological polar surface area (TPSA) is 20.2 Å². The van der Waals surface area contributed by atoms with E-state index in [1.165, 1.54) is 0 Å². The van der Waals surface area contributed by atoms with Gasteiger partial charge in [-0.15, -0.1) is 0 Å². The first kappa shape index (κ1) is 9.69. The van der Waals surface area contributed by atoms with Gasteiger partial charge in [-0.3, -0.25) is 0 Å². The van der Waals surface area contributed by atoms with E-state index in [2.05, 4.69) is 0 Å². The van der Waals surface area contributed by atoms with E-state index in [-0.39, 0.29) is 32.7 Å². The second-order valence-corrected chi connectivity index (χ2v) is 2.50. The third-order valence-electron chi connectivity index (χ3n) is 1.77. The third kappa shape index (κ3) is 1.67. The molecule has 0 spiro atoms. The van der Waals surface area contributed by atoms with E-state index in [1.54, 1.807) is 6.07 Å².